The molecule has 1 aliphatic heterocycles. The second kappa shape index (κ2) is 8.27. The quantitative estimate of drug-likeness (QED) is 0.575. The number of aryl methyl sites for hydroxylation is 1. The van der Waals surface area contributed by atoms with Gasteiger partial charge in [-0.25, -0.2) is 0 Å². The zero-order valence-corrected chi connectivity index (χ0v) is 19.0. The Morgan fingerprint density at radius 3 is 2.37 bits per heavy atom. The molecule has 2 heterocycles. The van der Waals surface area contributed by atoms with Crippen LogP contribution >= 0.6 is 0 Å². The summed E-state index contributed by atoms with van der Waals surface area (Å²) in [5.41, 5.74) is 7.17. The summed E-state index contributed by atoms with van der Waals surface area (Å²) in [6, 6.07) is 17.3. The van der Waals surface area contributed by atoms with Crippen molar-refractivity contribution < 1.29 is 0 Å². The minimum atomic E-state index is 0.278. The highest BCUT2D eigenvalue weighted by molar-refractivity contribution is 5.95. The maximum atomic E-state index is 4.74. The van der Waals surface area contributed by atoms with E-state index in [1.165, 1.54) is 29.5 Å². The van der Waals surface area contributed by atoms with E-state index in [0.717, 1.165) is 42.2 Å². The van der Waals surface area contributed by atoms with Crippen molar-refractivity contribution in [1.29, 1.82) is 0 Å². The van der Waals surface area contributed by atoms with Gasteiger partial charge in [-0.05, 0) is 69.6 Å². The molecule has 30 heavy (non-hydrogen) atoms. The molecule has 2 aromatic carbocycles. The molecule has 1 saturated heterocycles. The highest BCUT2D eigenvalue weighted by Crippen LogP contribution is 2.33. The van der Waals surface area contributed by atoms with Crippen molar-refractivity contribution in [1.82, 2.24) is 9.88 Å². The van der Waals surface area contributed by atoms with E-state index in [-0.39, 0.29) is 5.54 Å². The minimum absolute atomic E-state index is 0.278. The number of rotatable bonds is 5. The first-order chi connectivity index (χ1) is 14.5. The number of hydrogen-bond donors (Lipinski definition) is 1. The Morgan fingerprint density at radius 1 is 0.967 bits per heavy atom. The summed E-state index contributed by atoms with van der Waals surface area (Å²) in [5.74, 6) is 0. The third kappa shape index (κ3) is 3.65. The zero-order valence-electron chi connectivity index (χ0n) is 19.0. The largest absolute Gasteiger partial charge is 0.368 e. The van der Waals surface area contributed by atoms with Gasteiger partial charge in [0.2, 0.25) is 0 Å². The Bertz CT molecular complexity index is 1020. The van der Waals surface area contributed by atoms with Crippen LogP contribution in [-0.4, -0.2) is 42.1 Å². The standard InChI is InChI=1S/C26H34N4/c1-6-26(7-2)18-30(17-16-29(26)5)22-14-12-21(13-15-22)28-25-19(3)20(4)27-24-11-9-8-10-23(24)25/h8-15H,6-7,16-18H2,1-5H3,(H,27,28). The van der Waals surface area contributed by atoms with Crippen LogP contribution < -0.4 is 10.2 Å². The van der Waals surface area contributed by atoms with Crippen LogP contribution in [0.15, 0.2) is 48.5 Å². The van der Waals surface area contributed by atoms with Crippen LogP contribution in [0.4, 0.5) is 17.1 Å². The first-order valence-corrected chi connectivity index (χ1v) is 11.2. The average molecular weight is 403 g/mol. The van der Waals surface area contributed by atoms with Crippen molar-refractivity contribution in [2.75, 3.05) is 36.9 Å². The van der Waals surface area contributed by atoms with E-state index in [1.807, 2.05) is 6.07 Å². The van der Waals surface area contributed by atoms with E-state index in [0.29, 0.717) is 0 Å². The molecule has 4 rings (SSSR count). The van der Waals surface area contributed by atoms with Crippen LogP contribution in [-0.2, 0) is 0 Å². The molecular weight excluding hydrogens is 368 g/mol. The summed E-state index contributed by atoms with van der Waals surface area (Å²) >= 11 is 0. The van der Waals surface area contributed by atoms with Crippen LogP contribution in [0.2, 0.25) is 0 Å². The fourth-order valence-electron chi connectivity index (χ4n) is 4.79. The molecule has 0 saturated carbocycles. The molecule has 0 atom stereocenters. The maximum absolute atomic E-state index is 4.74. The van der Waals surface area contributed by atoms with Gasteiger partial charge in [0, 0.05) is 47.6 Å². The molecule has 1 aliphatic rings. The second-order valence-electron chi connectivity index (χ2n) is 8.66. The van der Waals surface area contributed by atoms with Gasteiger partial charge in [0.1, 0.15) is 0 Å². The number of nitrogens with one attached hydrogen (secondary N) is 1. The highest BCUT2D eigenvalue weighted by atomic mass is 15.3. The normalized spacial score (nSPS) is 16.8. The van der Waals surface area contributed by atoms with Gasteiger partial charge in [0.15, 0.2) is 0 Å². The fraction of sp³-hybridized carbons (Fsp3) is 0.423. The number of nitrogens with zero attached hydrogens (tertiary/aromatic N) is 3. The highest BCUT2D eigenvalue weighted by Gasteiger charge is 2.36. The molecule has 0 aliphatic carbocycles. The summed E-state index contributed by atoms with van der Waals surface area (Å²) in [6.07, 6.45) is 2.37. The molecule has 0 radical (unpaired) electrons. The van der Waals surface area contributed by atoms with E-state index in [2.05, 4.69) is 92.3 Å². The predicted octanol–water partition coefficient (Wildman–Crippen LogP) is 5.91. The van der Waals surface area contributed by atoms with Crippen LogP contribution in [0.5, 0.6) is 0 Å². The number of piperazine rings is 1. The molecule has 1 aromatic heterocycles. The zero-order chi connectivity index (χ0) is 21.3. The molecule has 4 heteroatoms. The van der Waals surface area contributed by atoms with Crippen molar-refractivity contribution in [2.45, 2.75) is 46.1 Å². The Labute approximate surface area is 180 Å². The molecule has 0 bridgehead atoms. The number of para-hydroxylation sites is 1. The SMILES string of the molecule is CCC1(CC)CN(c2ccc(Nc3c(C)c(C)nc4ccccc34)cc2)CCN1C. The van der Waals surface area contributed by atoms with E-state index < -0.39 is 0 Å². The van der Waals surface area contributed by atoms with Crippen LogP contribution in [0.1, 0.15) is 37.9 Å². The van der Waals surface area contributed by atoms with Crippen molar-refractivity contribution in [3.8, 4) is 0 Å². The molecule has 3 aromatic rings. The number of aromatic nitrogens is 1. The van der Waals surface area contributed by atoms with E-state index in [4.69, 9.17) is 4.98 Å². The minimum Gasteiger partial charge on any atom is -0.368 e. The molecule has 1 N–H and O–H groups in total. The smallest absolute Gasteiger partial charge is 0.0726 e. The number of likely N-dealkylation sites (N-methyl/N-ethyl adjacent to an activating group) is 1. The van der Waals surface area contributed by atoms with Crippen molar-refractivity contribution in [3.05, 3.63) is 59.8 Å². The summed E-state index contributed by atoms with van der Waals surface area (Å²) < 4.78 is 0. The Kier molecular flexibility index (Phi) is 5.70. The molecular formula is C26H34N4. The number of benzene rings is 2. The number of hydrogen-bond acceptors (Lipinski definition) is 4. The molecule has 1 fully saturated rings. The Balaban J connectivity index is 1.58. The number of pyridine rings is 1. The topological polar surface area (TPSA) is 31.4 Å². The van der Waals surface area contributed by atoms with E-state index in [9.17, 15) is 0 Å². The molecule has 0 spiro atoms. The maximum Gasteiger partial charge on any atom is 0.0726 e. The van der Waals surface area contributed by atoms with Gasteiger partial charge >= 0.3 is 0 Å². The first-order valence-electron chi connectivity index (χ1n) is 11.2. The summed E-state index contributed by atoms with van der Waals surface area (Å²) in [4.78, 5) is 9.84. The predicted molar refractivity (Wildman–Crippen MR) is 129 cm³/mol. The van der Waals surface area contributed by atoms with Gasteiger partial charge in [0.25, 0.3) is 0 Å². The third-order valence-electron chi connectivity index (χ3n) is 7.20. The molecule has 0 amide bonds. The number of fused-ring (bicyclic) bond motifs is 1. The first kappa shape index (κ1) is 20.7. The van der Waals surface area contributed by atoms with E-state index in [1.54, 1.807) is 0 Å². The lowest BCUT2D eigenvalue weighted by atomic mass is 9.88. The molecule has 0 unspecified atom stereocenters. The molecule has 158 valence electrons. The van der Waals surface area contributed by atoms with Crippen LogP contribution in [0.3, 0.4) is 0 Å². The Hall–Kier alpha value is -2.59. The summed E-state index contributed by atoms with van der Waals surface area (Å²) in [5, 5.41) is 4.83. The second-order valence-corrected chi connectivity index (χ2v) is 8.66. The van der Waals surface area contributed by atoms with Crippen molar-refractivity contribution in [2.24, 2.45) is 0 Å². The lowest BCUT2D eigenvalue weighted by molar-refractivity contribution is 0.0933. The Morgan fingerprint density at radius 2 is 1.67 bits per heavy atom. The monoisotopic (exact) mass is 402 g/mol. The third-order valence-corrected chi connectivity index (χ3v) is 7.20. The van der Waals surface area contributed by atoms with Crippen molar-refractivity contribution in [3.63, 3.8) is 0 Å². The lowest BCUT2D eigenvalue weighted by Crippen LogP contribution is -2.60. The van der Waals surface area contributed by atoms with Crippen LogP contribution in [0.25, 0.3) is 10.9 Å². The van der Waals surface area contributed by atoms with Gasteiger partial charge in [-0.1, -0.05) is 32.0 Å². The van der Waals surface area contributed by atoms with Gasteiger partial charge in [-0.3, -0.25) is 9.88 Å². The van der Waals surface area contributed by atoms with Gasteiger partial charge in [-0.15, -0.1) is 0 Å². The van der Waals surface area contributed by atoms with Gasteiger partial charge < -0.3 is 10.2 Å². The molecule has 4 nitrogen and oxygen atoms in total. The fourth-order valence-corrected chi connectivity index (χ4v) is 4.79. The van der Waals surface area contributed by atoms with E-state index >= 15 is 0 Å². The van der Waals surface area contributed by atoms with Crippen LogP contribution in [0, 0.1) is 13.8 Å². The van der Waals surface area contributed by atoms with Crippen molar-refractivity contribution >= 4 is 28.0 Å². The van der Waals surface area contributed by atoms with Gasteiger partial charge in [-0.2, -0.15) is 0 Å². The lowest BCUT2D eigenvalue weighted by Gasteiger charge is -2.49. The number of anilines is 3. The summed E-state index contributed by atoms with van der Waals surface area (Å²) in [7, 11) is 2.28. The van der Waals surface area contributed by atoms with Gasteiger partial charge in [0.05, 0.1) is 11.2 Å². The average Bonchev–Trinajstić information content (AvgIpc) is 2.78. The summed E-state index contributed by atoms with van der Waals surface area (Å²) in [6.45, 7) is 12.2.